The van der Waals surface area contributed by atoms with Crippen LogP contribution in [0.2, 0.25) is 0 Å². The standard InChI is InChI=1S/C11H17N3O3/c1-3-16-11(15)7-14(9-4-5-9)6-10-8(2)12-17-13-10/h9H,3-7H2,1-2H3. The summed E-state index contributed by atoms with van der Waals surface area (Å²) in [6.07, 6.45) is 2.26. The summed E-state index contributed by atoms with van der Waals surface area (Å²) in [5, 5.41) is 7.58. The zero-order chi connectivity index (χ0) is 12.3. The second-order valence-electron chi connectivity index (χ2n) is 4.24. The van der Waals surface area contributed by atoms with Crippen molar-refractivity contribution in [2.75, 3.05) is 13.2 Å². The summed E-state index contributed by atoms with van der Waals surface area (Å²) in [4.78, 5) is 13.5. The molecule has 1 aliphatic rings. The van der Waals surface area contributed by atoms with Crippen molar-refractivity contribution in [2.24, 2.45) is 0 Å². The van der Waals surface area contributed by atoms with Crippen molar-refractivity contribution < 1.29 is 14.2 Å². The highest BCUT2D eigenvalue weighted by Crippen LogP contribution is 2.28. The van der Waals surface area contributed by atoms with Crippen LogP contribution in [0.25, 0.3) is 0 Å². The van der Waals surface area contributed by atoms with Gasteiger partial charge in [0.1, 0.15) is 11.4 Å². The largest absolute Gasteiger partial charge is 0.465 e. The van der Waals surface area contributed by atoms with Gasteiger partial charge in [-0.1, -0.05) is 10.3 Å². The van der Waals surface area contributed by atoms with Gasteiger partial charge in [0.25, 0.3) is 0 Å². The smallest absolute Gasteiger partial charge is 0.320 e. The molecule has 0 aliphatic heterocycles. The number of hydrogen-bond donors (Lipinski definition) is 0. The first-order valence-electron chi connectivity index (χ1n) is 5.88. The first-order valence-corrected chi connectivity index (χ1v) is 5.88. The van der Waals surface area contributed by atoms with Crippen LogP contribution in [0.4, 0.5) is 0 Å². The minimum atomic E-state index is -0.187. The van der Waals surface area contributed by atoms with Crippen LogP contribution in [-0.2, 0) is 16.1 Å². The lowest BCUT2D eigenvalue weighted by atomic mass is 10.3. The summed E-state index contributed by atoms with van der Waals surface area (Å²) in [6.45, 7) is 4.98. The maximum Gasteiger partial charge on any atom is 0.320 e. The Morgan fingerprint density at radius 2 is 2.29 bits per heavy atom. The Morgan fingerprint density at radius 1 is 1.53 bits per heavy atom. The average molecular weight is 239 g/mol. The number of aryl methyl sites for hydroxylation is 1. The minimum Gasteiger partial charge on any atom is -0.465 e. The Morgan fingerprint density at radius 3 is 2.82 bits per heavy atom. The van der Waals surface area contributed by atoms with E-state index in [0.29, 0.717) is 25.7 Å². The van der Waals surface area contributed by atoms with E-state index in [0.717, 1.165) is 24.2 Å². The number of carbonyl (C=O) groups excluding carboxylic acids is 1. The van der Waals surface area contributed by atoms with Crippen molar-refractivity contribution >= 4 is 5.97 Å². The van der Waals surface area contributed by atoms with E-state index in [2.05, 4.69) is 19.8 Å². The highest BCUT2D eigenvalue weighted by molar-refractivity contribution is 5.71. The zero-order valence-corrected chi connectivity index (χ0v) is 10.2. The summed E-state index contributed by atoms with van der Waals surface area (Å²) in [5.74, 6) is -0.187. The van der Waals surface area contributed by atoms with E-state index in [1.54, 1.807) is 0 Å². The van der Waals surface area contributed by atoms with Crippen molar-refractivity contribution in [3.63, 3.8) is 0 Å². The summed E-state index contributed by atoms with van der Waals surface area (Å²) in [6, 6.07) is 0.468. The molecule has 6 heteroatoms. The molecule has 17 heavy (non-hydrogen) atoms. The molecule has 0 aromatic carbocycles. The predicted molar refractivity (Wildman–Crippen MR) is 59.1 cm³/mol. The Kier molecular flexibility index (Phi) is 3.73. The molecular formula is C11H17N3O3. The van der Waals surface area contributed by atoms with Crippen LogP contribution >= 0.6 is 0 Å². The van der Waals surface area contributed by atoms with Crippen LogP contribution < -0.4 is 0 Å². The Hall–Kier alpha value is -1.43. The number of esters is 1. The quantitative estimate of drug-likeness (QED) is 0.687. The van der Waals surface area contributed by atoms with E-state index in [-0.39, 0.29) is 5.97 Å². The van der Waals surface area contributed by atoms with Crippen molar-refractivity contribution in [1.29, 1.82) is 0 Å². The Balaban J connectivity index is 1.93. The van der Waals surface area contributed by atoms with Gasteiger partial charge in [-0.3, -0.25) is 9.69 Å². The average Bonchev–Trinajstić information content (AvgIpc) is 3.05. The number of nitrogens with zero attached hydrogens (tertiary/aromatic N) is 3. The van der Waals surface area contributed by atoms with Gasteiger partial charge in [0.2, 0.25) is 0 Å². The molecule has 94 valence electrons. The van der Waals surface area contributed by atoms with Gasteiger partial charge in [0, 0.05) is 12.6 Å². The topological polar surface area (TPSA) is 68.5 Å². The van der Waals surface area contributed by atoms with E-state index in [9.17, 15) is 4.79 Å². The molecule has 0 unspecified atom stereocenters. The maximum atomic E-state index is 11.5. The molecular weight excluding hydrogens is 222 g/mol. The van der Waals surface area contributed by atoms with Gasteiger partial charge < -0.3 is 4.74 Å². The number of aromatic nitrogens is 2. The van der Waals surface area contributed by atoms with Crippen LogP contribution in [-0.4, -0.2) is 40.4 Å². The third-order valence-electron chi connectivity index (χ3n) is 2.80. The number of carbonyl (C=O) groups is 1. The summed E-state index contributed by atoms with van der Waals surface area (Å²) < 4.78 is 9.62. The van der Waals surface area contributed by atoms with Crippen LogP contribution in [0.15, 0.2) is 4.63 Å². The minimum absolute atomic E-state index is 0.187. The monoisotopic (exact) mass is 239 g/mol. The molecule has 1 fully saturated rings. The van der Waals surface area contributed by atoms with Gasteiger partial charge in [-0.2, -0.15) is 0 Å². The van der Waals surface area contributed by atoms with Gasteiger partial charge in [0.15, 0.2) is 0 Å². The van der Waals surface area contributed by atoms with Gasteiger partial charge in [-0.15, -0.1) is 0 Å². The molecule has 1 heterocycles. The molecule has 0 bridgehead atoms. The molecule has 0 spiro atoms. The zero-order valence-electron chi connectivity index (χ0n) is 10.2. The number of rotatable bonds is 6. The highest BCUT2D eigenvalue weighted by Gasteiger charge is 2.31. The highest BCUT2D eigenvalue weighted by atomic mass is 16.6. The Labute approximate surface area is 99.9 Å². The summed E-state index contributed by atoms with van der Waals surface area (Å²) >= 11 is 0. The van der Waals surface area contributed by atoms with E-state index in [1.165, 1.54) is 0 Å². The van der Waals surface area contributed by atoms with Crippen molar-refractivity contribution in [2.45, 2.75) is 39.3 Å². The molecule has 0 N–H and O–H groups in total. The van der Waals surface area contributed by atoms with E-state index in [4.69, 9.17) is 4.74 Å². The van der Waals surface area contributed by atoms with E-state index in [1.807, 2.05) is 13.8 Å². The van der Waals surface area contributed by atoms with E-state index >= 15 is 0 Å². The third kappa shape index (κ3) is 3.26. The summed E-state index contributed by atoms with van der Waals surface area (Å²) in [7, 11) is 0. The fourth-order valence-corrected chi connectivity index (χ4v) is 1.71. The van der Waals surface area contributed by atoms with Gasteiger partial charge in [-0.25, -0.2) is 4.63 Å². The molecule has 1 aromatic heterocycles. The van der Waals surface area contributed by atoms with Gasteiger partial charge in [-0.05, 0) is 26.7 Å². The van der Waals surface area contributed by atoms with Gasteiger partial charge >= 0.3 is 5.97 Å². The SMILES string of the molecule is CCOC(=O)CN(Cc1nonc1C)C1CC1. The molecule has 1 saturated carbocycles. The molecule has 0 amide bonds. The van der Waals surface area contributed by atoms with Gasteiger partial charge in [0.05, 0.1) is 13.2 Å². The van der Waals surface area contributed by atoms with Crippen molar-refractivity contribution in [1.82, 2.24) is 15.2 Å². The third-order valence-corrected chi connectivity index (χ3v) is 2.80. The molecule has 1 aromatic rings. The first kappa shape index (κ1) is 12.0. The predicted octanol–water partition coefficient (Wildman–Crippen LogP) is 0.906. The fraction of sp³-hybridized carbons (Fsp3) is 0.727. The first-order chi connectivity index (χ1) is 8.20. The molecule has 6 nitrogen and oxygen atoms in total. The number of hydrogen-bond acceptors (Lipinski definition) is 6. The molecule has 2 rings (SSSR count). The molecule has 0 saturated heterocycles. The van der Waals surface area contributed by atoms with Crippen molar-refractivity contribution in [3.05, 3.63) is 11.4 Å². The maximum absolute atomic E-state index is 11.5. The lowest BCUT2D eigenvalue weighted by Gasteiger charge is -2.19. The van der Waals surface area contributed by atoms with Crippen molar-refractivity contribution in [3.8, 4) is 0 Å². The van der Waals surface area contributed by atoms with Crippen LogP contribution in [0.1, 0.15) is 31.2 Å². The lowest BCUT2D eigenvalue weighted by molar-refractivity contribution is -0.144. The molecule has 0 radical (unpaired) electrons. The second-order valence-corrected chi connectivity index (χ2v) is 4.24. The normalized spacial score (nSPS) is 15.2. The molecule has 1 aliphatic carbocycles. The second kappa shape index (κ2) is 5.27. The van der Waals surface area contributed by atoms with Crippen LogP contribution in [0.3, 0.4) is 0 Å². The lowest BCUT2D eigenvalue weighted by Crippen LogP contribution is -2.32. The van der Waals surface area contributed by atoms with Crippen LogP contribution in [0, 0.1) is 6.92 Å². The van der Waals surface area contributed by atoms with E-state index < -0.39 is 0 Å². The molecule has 0 atom stereocenters. The Bertz CT molecular complexity index is 387. The summed E-state index contributed by atoms with van der Waals surface area (Å²) in [5.41, 5.74) is 1.57. The number of ether oxygens (including phenoxy) is 1. The van der Waals surface area contributed by atoms with Crippen LogP contribution in [0.5, 0.6) is 0 Å². The fourth-order valence-electron chi connectivity index (χ4n) is 1.71.